The molecule has 0 aromatic heterocycles. The van der Waals surface area contributed by atoms with Crippen molar-refractivity contribution in [3.63, 3.8) is 0 Å². The van der Waals surface area contributed by atoms with E-state index in [4.69, 9.17) is 0 Å². The highest BCUT2D eigenvalue weighted by molar-refractivity contribution is 5.16. The lowest BCUT2D eigenvalue weighted by molar-refractivity contribution is -0.0717. The molecular formula is C18H32O. The lowest BCUT2D eigenvalue weighted by Gasteiger charge is -2.44. The average molecular weight is 264 g/mol. The van der Waals surface area contributed by atoms with Crippen LogP contribution in [0.25, 0.3) is 0 Å². The molecule has 3 aliphatic carbocycles. The molecule has 3 aliphatic rings. The van der Waals surface area contributed by atoms with E-state index in [2.05, 4.69) is 34.3 Å². The highest BCUT2D eigenvalue weighted by atomic mass is 16.3. The molecule has 1 spiro atoms. The summed E-state index contributed by atoms with van der Waals surface area (Å²) in [6.07, 6.45) is 8.16. The van der Waals surface area contributed by atoms with Crippen LogP contribution in [-0.4, -0.2) is 10.7 Å². The van der Waals surface area contributed by atoms with Crippen LogP contribution in [0.4, 0.5) is 0 Å². The van der Waals surface area contributed by atoms with Gasteiger partial charge >= 0.3 is 0 Å². The molecule has 2 bridgehead atoms. The van der Waals surface area contributed by atoms with Crippen molar-refractivity contribution in [3.8, 4) is 0 Å². The molecule has 1 nitrogen and oxygen atoms in total. The summed E-state index contributed by atoms with van der Waals surface area (Å²) in [7, 11) is 0. The van der Waals surface area contributed by atoms with Crippen LogP contribution in [0, 0.1) is 28.6 Å². The normalized spacial score (nSPS) is 50.1. The zero-order valence-electron chi connectivity index (χ0n) is 13.5. The van der Waals surface area contributed by atoms with E-state index in [9.17, 15) is 5.11 Å². The van der Waals surface area contributed by atoms with E-state index in [1.807, 2.05) is 6.92 Å². The van der Waals surface area contributed by atoms with E-state index >= 15 is 0 Å². The van der Waals surface area contributed by atoms with Crippen molar-refractivity contribution in [1.82, 2.24) is 0 Å². The van der Waals surface area contributed by atoms with Crippen molar-refractivity contribution in [3.05, 3.63) is 12.7 Å². The van der Waals surface area contributed by atoms with Gasteiger partial charge < -0.3 is 5.11 Å². The van der Waals surface area contributed by atoms with E-state index < -0.39 is 5.60 Å². The smallest absolute Gasteiger partial charge is 0.0653 e. The fourth-order valence-corrected chi connectivity index (χ4v) is 5.88. The fraction of sp³-hybridized carbons (Fsp3) is 0.889. The van der Waals surface area contributed by atoms with Gasteiger partial charge in [0.25, 0.3) is 0 Å². The molecule has 3 fully saturated rings. The summed E-state index contributed by atoms with van der Waals surface area (Å²) in [5, 5.41) is 10.6. The van der Waals surface area contributed by atoms with Crippen LogP contribution in [0.5, 0.6) is 0 Å². The first kappa shape index (κ1) is 15.1. The predicted octanol–water partition coefficient (Wildman–Crippen LogP) is 4.80. The van der Waals surface area contributed by atoms with Crippen molar-refractivity contribution >= 4 is 0 Å². The second kappa shape index (κ2) is 4.62. The van der Waals surface area contributed by atoms with E-state index in [0.717, 1.165) is 18.3 Å². The number of rotatable bonds is 0. The Labute approximate surface area is 119 Å². The highest BCUT2D eigenvalue weighted by Gasteiger charge is 2.67. The lowest BCUT2D eigenvalue weighted by atomic mass is 9.64. The SMILES string of the molecule is C=CC.CC1CCC2C(C)(C)C3CC12CCC3(C)O. The number of allylic oxidation sites excluding steroid dienone is 1. The van der Waals surface area contributed by atoms with E-state index in [0.29, 0.717) is 16.7 Å². The molecule has 1 N–H and O–H groups in total. The Balaban J connectivity index is 0.000000408. The van der Waals surface area contributed by atoms with Gasteiger partial charge in [0, 0.05) is 0 Å². The Bertz CT molecular complexity index is 351. The second-order valence-electron chi connectivity index (χ2n) is 8.11. The summed E-state index contributed by atoms with van der Waals surface area (Å²) in [5.41, 5.74) is 0.542. The van der Waals surface area contributed by atoms with Crippen LogP contribution in [0.15, 0.2) is 12.7 Å². The Morgan fingerprint density at radius 2 is 1.68 bits per heavy atom. The van der Waals surface area contributed by atoms with Crippen LogP contribution in [-0.2, 0) is 0 Å². The first-order valence-corrected chi connectivity index (χ1v) is 8.02. The molecule has 1 heteroatoms. The second-order valence-corrected chi connectivity index (χ2v) is 8.11. The van der Waals surface area contributed by atoms with Crippen LogP contribution in [0.3, 0.4) is 0 Å². The quantitative estimate of drug-likeness (QED) is 0.623. The molecule has 0 saturated heterocycles. The minimum absolute atomic E-state index is 0.352. The maximum atomic E-state index is 10.6. The van der Waals surface area contributed by atoms with Gasteiger partial charge in [0.2, 0.25) is 0 Å². The van der Waals surface area contributed by atoms with Gasteiger partial charge in [-0.15, -0.1) is 6.58 Å². The molecule has 0 heterocycles. The number of aliphatic hydroxyl groups is 1. The van der Waals surface area contributed by atoms with Crippen LogP contribution in [0.1, 0.15) is 66.7 Å². The molecule has 3 saturated carbocycles. The topological polar surface area (TPSA) is 20.2 Å². The summed E-state index contributed by atoms with van der Waals surface area (Å²) >= 11 is 0. The molecule has 5 unspecified atom stereocenters. The molecule has 5 atom stereocenters. The van der Waals surface area contributed by atoms with Crippen molar-refractivity contribution in [2.45, 2.75) is 72.3 Å². The van der Waals surface area contributed by atoms with E-state index in [1.165, 1.54) is 25.7 Å². The van der Waals surface area contributed by atoms with Gasteiger partial charge in [-0.2, -0.15) is 0 Å². The molecule has 0 radical (unpaired) electrons. The third-order valence-electron chi connectivity index (χ3n) is 6.79. The van der Waals surface area contributed by atoms with Crippen molar-refractivity contribution in [2.24, 2.45) is 28.6 Å². The highest BCUT2D eigenvalue weighted by Crippen LogP contribution is 2.73. The van der Waals surface area contributed by atoms with Gasteiger partial charge in [-0.3, -0.25) is 0 Å². The summed E-state index contributed by atoms with van der Waals surface area (Å²) in [6.45, 7) is 14.6. The maximum Gasteiger partial charge on any atom is 0.0653 e. The zero-order chi connectivity index (χ0) is 14.5. The van der Waals surface area contributed by atoms with Gasteiger partial charge in [-0.05, 0) is 74.5 Å². The number of fused-ring (bicyclic) bond motifs is 1. The van der Waals surface area contributed by atoms with Gasteiger partial charge in [0.1, 0.15) is 0 Å². The fourth-order valence-electron chi connectivity index (χ4n) is 5.88. The number of hydrogen-bond donors (Lipinski definition) is 1. The minimum atomic E-state index is -0.404. The van der Waals surface area contributed by atoms with E-state index in [-0.39, 0.29) is 0 Å². The van der Waals surface area contributed by atoms with Gasteiger partial charge in [0.05, 0.1) is 5.60 Å². The first-order chi connectivity index (χ1) is 8.72. The molecule has 110 valence electrons. The first-order valence-electron chi connectivity index (χ1n) is 8.02. The van der Waals surface area contributed by atoms with Crippen molar-refractivity contribution in [1.29, 1.82) is 0 Å². The van der Waals surface area contributed by atoms with E-state index in [1.54, 1.807) is 6.08 Å². The monoisotopic (exact) mass is 264 g/mol. The number of hydrogen-bond acceptors (Lipinski definition) is 1. The van der Waals surface area contributed by atoms with Crippen LogP contribution >= 0.6 is 0 Å². The Morgan fingerprint density at radius 3 is 2.26 bits per heavy atom. The summed E-state index contributed by atoms with van der Waals surface area (Å²) < 4.78 is 0. The molecule has 0 amide bonds. The maximum absolute atomic E-state index is 10.6. The van der Waals surface area contributed by atoms with Crippen molar-refractivity contribution in [2.75, 3.05) is 0 Å². The molecule has 0 aromatic carbocycles. The minimum Gasteiger partial charge on any atom is -0.390 e. The van der Waals surface area contributed by atoms with Crippen LogP contribution in [0.2, 0.25) is 0 Å². The standard InChI is InChI=1S/C15H26O.C3H6/c1-10-5-6-11-13(2,3)12-9-15(10,11)8-7-14(12,4)16;1-3-2/h10-12,16H,5-9H2,1-4H3;3H,1H2,2H3. The molecule has 3 rings (SSSR count). The molecular weight excluding hydrogens is 232 g/mol. The Morgan fingerprint density at radius 1 is 1.11 bits per heavy atom. The van der Waals surface area contributed by atoms with Crippen molar-refractivity contribution < 1.29 is 5.11 Å². The van der Waals surface area contributed by atoms with Gasteiger partial charge in [-0.1, -0.05) is 26.8 Å². The Kier molecular flexibility index (Phi) is 3.67. The summed E-state index contributed by atoms with van der Waals surface area (Å²) in [6, 6.07) is 0. The van der Waals surface area contributed by atoms with Gasteiger partial charge in [-0.25, -0.2) is 0 Å². The zero-order valence-corrected chi connectivity index (χ0v) is 13.5. The Hall–Kier alpha value is -0.300. The predicted molar refractivity (Wildman–Crippen MR) is 81.9 cm³/mol. The molecule has 19 heavy (non-hydrogen) atoms. The third kappa shape index (κ3) is 2.00. The molecule has 0 aromatic rings. The van der Waals surface area contributed by atoms with Crippen LogP contribution < -0.4 is 0 Å². The summed E-state index contributed by atoms with van der Waals surface area (Å²) in [4.78, 5) is 0. The third-order valence-corrected chi connectivity index (χ3v) is 6.79. The summed E-state index contributed by atoms with van der Waals surface area (Å²) in [5.74, 6) is 2.29. The molecule has 0 aliphatic heterocycles. The van der Waals surface area contributed by atoms with Gasteiger partial charge in [0.15, 0.2) is 0 Å². The lowest BCUT2D eigenvalue weighted by Crippen LogP contribution is -2.44. The average Bonchev–Trinajstić information content (AvgIpc) is 2.71. The largest absolute Gasteiger partial charge is 0.390 e.